The number of benzene rings is 1. The molecule has 0 spiro atoms. The van der Waals surface area contributed by atoms with Crippen molar-refractivity contribution < 1.29 is 5.11 Å². The molecule has 1 aliphatic carbocycles. The molecule has 0 radical (unpaired) electrons. The summed E-state index contributed by atoms with van der Waals surface area (Å²) in [5, 5.41) is 12.7. The SMILES string of the molecule is CC[C@H](CO)N[C@H]1CCc2ccccc21. The van der Waals surface area contributed by atoms with Crippen LogP contribution in [0.2, 0.25) is 0 Å². The first kappa shape index (κ1) is 10.7. The molecule has 82 valence electrons. The van der Waals surface area contributed by atoms with E-state index in [9.17, 15) is 5.11 Å². The largest absolute Gasteiger partial charge is 0.395 e. The zero-order valence-electron chi connectivity index (χ0n) is 9.24. The third-order valence-corrected chi connectivity index (χ3v) is 3.28. The molecule has 1 aromatic carbocycles. The molecular weight excluding hydrogens is 186 g/mol. The van der Waals surface area contributed by atoms with Crippen LogP contribution < -0.4 is 5.32 Å². The summed E-state index contributed by atoms with van der Waals surface area (Å²) >= 11 is 0. The maximum Gasteiger partial charge on any atom is 0.0584 e. The van der Waals surface area contributed by atoms with Crippen LogP contribution in [0.25, 0.3) is 0 Å². The number of aryl methyl sites for hydroxylation is 1. The summed E-state index contributed by atoms with van der Waals surface area (Å²) < 4.78 is 0. The minimum Gasteiger partial charge on any atom is -0.395 e. The Balaban J connectivity index is 2.07. The van der Waals surface area contributed by atoms with Gasteiger partial charge in [-0.1, -0.05) is 31.2 Å². The molecule has 2 nitrogen and oxygen atoms in total. The van der Waals surface area contributed by atoms with Crippen molar-refractivity contribution in [2.24, 2.45) is 0 Å². The maximum atomic E-state index is 9.17. The van der Waals surface area contributed by atoms with Gasteiger partial charge in [0.15, 0.2) is 0 Å². The van der Waals surface area contributed by atoms with Crippen LogP contribution in [0.3, 0.4) is 0 Å². The van der Waals surface area contributed by atoms with Crippen molar-refractivity contribution in [1.82, 2.24) is 5.32 Å². The van der Waals surface area contributed by atoms with E-state index in [0.717, 1.165) is 19.3 Å². The van der Waals surface area contributed by atoms with Crippen molar-refractivity contribution in [3.63, 3.8) is 0 Å². The average Bonchev–Trinajstić information content (AvgIpc) is 2.69. The normalized spacial score (nSPS) is 21.3. The van der Waals surface area contributed by atoms with Gasteiger partial charge < -0.3 is 10.4 Å². The Kier molecular flexibility index (Phi) is 3.39. The number of hydrogen-bond donors (Lipinski definition) is 2. The summed E-state index contributed by atoms with van der Waals surface area (Å²) in [6, 6.07) is 9.28. The summed E-state index contributed by atoms with van der Waals surface area (Å²) in [6.45, 7) is 2.34. The molecule has 0 fully saturated rings. The minimum absolute atomic E-state index is 0.231. The molecule has 2 heteroatoms. The lowest BCUT2D eigenvalue weighted by molar-refractivity contribution is 0.227. The van der Waals surface area contributed by atoms with E-state index in [2.05, 4.69) is 36.5 Å². The van der Waals surface area contributed by atoms with Gasteiger partial charge in [0.2, 0.25) is 0 Å². The van der Waals surface area contributed by atoms with E-state index in [1.165, 1.54) is 11.1 Å². The molecule has 0 saturated heterocycles. The molecule has 0 amide bonds. The van der Waals surface area contributed by atoms with Gasteiger partial charge in [-0.3, -0.25) is 0 Å². The lowest BCUT2D eigenvalue weighted by atomic mass is 10.1. The minimum atomic E-state index is 0.231. The van der Waals surface area contributed by atoms with E-state index in [4.69, 9.17) is 0 Å². The first-order valence-electron chi connectivity index (χ1n) is 5.80. The lowest BCUT2D eigenvalue weighted by Gasteiger charge is -2.20. The molecule has 15 heavy (non-hydrogen) atoms. The van der Waals surface area contributed by atoms with Gasteiger partial charge in [0.05, 0.1) is 6.61 Å². The second kappa shape index (κ2) is 4.77. The molecule has 0 unspecified atom stereocenters. The van der Waals surface area contributed by atoms with E-state index < -0.39 is 0 Å². The summed E-state index contributed by atoms with van der Waals surface area (Å²) in [7, 11) is 0. The van der Waals surface area contributed by atoms with Gasteiger partial charge >= 0.3 is 0 Å². The fourth-order valence-electron chi connectivity index (χ4n) is 2.31. The Morgan fingerprint density at radius 2 is 2.27 bits per heavy atom. The van der Waals surface area contributed by atoms with Crippen molar-refractivity contribution in [2.45, 2.75) is 38.3 Å². The smallest absolute Gasteiger partial charge is 0.0584 e. The zero-order chi connectivity index (χ0) is 10.7. The van der Waals surface area contributed by atoms with Crippen molar-refractivity contribution >= 4 is 0 Å². The lowest BCUT2D eigenvalue weighted by Crippen LogP contribution is -2.34. The van der Waals surface area contributed by atoms with Crippen LogP contribution in [-0.4, -0.2) is 17.8 Å². The Morgan fingerprint density at radius 1 is 1.47 bits per heavy atom. The van der Waals surface area contributed by atoms with Crippen molar-refractivity contribution in [1.29, 1.82) is 0 Å². The number of aliphatic hydroxyl groups excluding tert-OH is 1. The predicted molar refractivity (Wildman–Crippen MR) is 61.8 cm³/mol. The highest BCUT2D eigenvalue weighted by Gasteiger charge is 2.23. The molecule has 1 aromatic rings. The predicted octanol–water partition coefficient (Wildman–Crippen LogP) is 2.03. The second-order valence-corrected chi connectivity index (χ2v) is 4.24. The van der Waals surface area contributed by atoms with Crippen LogP contribution in [0.4, 0.5) is 0 Å². The van der Waals surface area contributed by atoms with Crippen molar-refractivity contribution in [3.05, 3.63) is 35.4 Å². The highest BCUT2D eigenvalue weighted by atomic mass is 16.3. The Hall–Kier alpha value is -0.860. The fraction of sp³-hybridized carbons (Fsp3) is 0.538. The molecule has 0 bridgehead atoms. The van der Waals surface area contributed by atoms with Gasteiger partial charge in [0, 0.05) is 12.1 Å². The van der Waals surface area contributed by atoms with Crippen LogP contribution in [0.1, 0.15) is 36.9 Å². The summed E-state index contributed by atoms with van der Waals surface area (Å²) in [6.07, 6.45) is 3.31. The zero-order valence-corrected chi connectivity index (χ0v) is 9.24. The van der Waals surface area contributed by atoms with Gasteiger partial charge in [-0.05, 0) is 30.4 Å². The summed E-state index contributed by atoms with van der Waals surface area (Å²) in [5.41, 5.74) is 2.88. The Labute approximate surface area is 91.3 Å². The van der Waals surface area contributed by atoms with Crippen molar-refractivity contribution in [2.75, 3.05) is 6.61 Å². The van der Waals surface area contributed by atoms with E-state index in [1.54, 1.807) is 0 Å². The molecule has 0 aromatic heterocycles. The van der Waals surface area contributed by atoms with Gasteiger partial charge in [0.25, 0.3) is 0 Å². The molecule has 0 saturated carbocycles. The standard InChI is InChI=1S/C13H19NO/c1-2-11(9-15)14-13-8-7-10-5-3-4-6-12(10)13/h3-6,11,13-15H,2,7-9H2,1H3/t11-,13+/m1/s1. The molecular formula is C13H19NO. The Morgan fingerprint density at radius 3 is 3.00 bits per heavy atom. The van der Waals surface area contributed by atoms with Crippen LogP contribution >= 0.6 is 0 Å². The van der Waals surface area contributed by atoms with Crippen molar-refractivity contribution in [3.8, 4) is 0 Å². The second-order valence-electron chi connectivity index (χ2n) is 4.24. The van der Waals surface area contributed by atoms with Gasteiger partial charge in [-0.2, -0.15) is 0 Å². The van der Waals surface area contributed by atoms with E-state index >= 15 is 0 Å². The quantitative estimate of drug-likeness (QED) is 0.788. The molecule has 2 rings (SSSR count). The van der Waals surface area contributed by atoms with E-state index in [0.29, 0.717) is 6.04 Å². The molecule has 0 heterocycles. The third-order valence-electron chi connectivity index (χ3n) is 3.28. The monoisotopic (exact) mass is 205 g/mol. The summed E-state index contributed by atoms with van der Waals surface area (Å²) in [4.78, 5) is 0. The molecule has 1 aliphatic rings. The number of hydrogen-bond acceptors (Lipinski definition) is 2. The van der Waals surface area contributed by atoms with Crippen LogP contribution in [0.15, 0.2) is 24.3 Å². The van der Waals surface area contributed by atoms with Gasteiger partial charge in [-0.25, -0.2) is 0 Å². The maximum absolute atomic E-state index is 9.17. The highest BCUT2D eigenvalue weighted by molar-refractivity contribution is 5.34. The molecule has 0 aliphatic heterocycles. The van der Waals surface area contributed by atoms with Crippen LogP contribution in [-0.2, 0) is 6.42 Å². The number of fused-ring (bicyclic) bond motifs is 1. The summed E-state index contributed by atoms with van der Waals surface area (Å²) in [5.74, 6) is 0. The van der Waals surface area contributed by atoms with Crippen LogP contribution in [0.5, 0.6) is 0 Å². The first-order valence-corrected chi connectivity index (χ1v) is 5.80. The number of aliphatic hydroxyl groups is 1. The fourth-order valence-corrected chi connectivity index (χ4v) is 2.31. The molecule has 2 N–H and O–H groups in total. The number of rotatable bonds is 4. The topological polar surface area (TPSA) is 32.3 Å². The average molecular weight is 205 g/mol. The molecule has 2 atom stereocenters. The van der Waals surface area contributed by atoms with Gasteiger partial charge in [-0.15, -0.1) is 0 Å². The Bertz CT molecular complexity index is 320. The highest BCUT2D eigenvalue weighted by Crippen LogP contribution is 2.31. The van der Waals surface area contributed by atoms with E-state index in [1.807, 2.05) is 0 Å². The van der Waals surface area contributed by atoms with Crippen LogP contribution in [0, 0.1) is 0 Å². The first-order chi connectivity index (χ1) is 7.35. The number of nitrogens with one attached hydrogen (secondary N) is 1. The van der Waals surface area contributed by atoms with E-state index in [-0.39, 0.29) is 12.6 Å². The third kappa shape index (κ3) is 2.21. The van der Waals surface area contributed by atoms with Gasteiger partial charge in [0.1, 0.15) is 0 Å².